The molecule has 1 heterocycles. The minimum absolute atomic E-state index is 0.137. The quantitative estimate of drug-likeness (QED) is 0.829. The summed E-state index contributed by atoms with van der Waals surface area (Å²) in [4.78, 5) is 0. The Hall–Kier alpha value is -0.630. The summed E-state index contributed by atoms with van der Waals surface area (Å²) in [6.07, 6.45) is 3.23. The molecule has 0 radical (unpaired) electrons. The normalized spacial score (nSPS) is 20.4. The number of halogens is 1. The molecule has 1 aromatic carbocycles. The first-order valence-electron chi connectivity index (χ1n) is 7.16. The Morgan fingerprint density at radius 2 is 2.19 bits per heavy atom. The topological polar surface area (TPSA) is 69.6 Å². The Kier molecular flexibility index (Phi) is 5.65. The van der Waals surface area contributed by atoms with Gasteiger partial charge in [-0.05, 0) is 43.0 Å². The van der Waals surface area contributed by atoms with Gasteiger partial charge in [-0.3, -0.25) is 4.72 Å². The highest BCUT2D eigenvalue weighted by atomic mass is 79.9. The first-order chi connectivity index (χ1) is 9.97. The Bertz CT molecular complexity index is 592. The lowest BCUT2D eigenvalue weighted by Gasteiger charge is -2.33. The van der Waals surface area contributed by atoms with Gasteiger partial charge in [-0.15, -0.1) is 0 Å². The summed E-state index contributed by atoms with van der Waals surface area (Å²) in [6.45, 7) is 2.30. The van der Waals surface area contributed by atoms with Crippen molar-refractivity contribution in [1.82, 2.24) is 4.31 Å². The summed E-state index contributed by atoms with van der Waals surface area (Å²) in [5.41, 5.74) is 1.54. The van der Waals surface area contributed by atoms with Gasteiger partial charge in [-0.25, -0.2) is 0 Å². The number of aryl methyl sites for hydroxylation is 1. The Morgan fingerprint density at radius 1 is 1.43 bits per heavy atom. The van der Waals surface area contributed by atoms with E-state index in [4.69, 9.17) is 0 Å². The fourth-order valence-electron chi connectivity index (χ4n) is 2.62. The molecule has 0 saturated carbocycles. The minimum Gasteiger partial charge on any atom is -0.395 e. The number of benzene rings is 1. The number of nitrogens with zero attached hydrogens (tertiary/aromatic N) is 1. The first-order valence-corrected chi connectivity index (χ1v) is 9.40. The van der Waals surface area contributed by atoms with Gasteiger partial charge in [0.1, 0.15) is 0 Å². The average Bonchev–Trinajstić information content (AvgIpc) is 2.48. The molecule has 5 nitrogen and oxygen atoms in total. The molecule has 1 aliphatic heterocycles. The van der Waals surface area contributed by atoms with E-state index in [-0.39, 0.29) is 12.6 Å². The van der Waals surface area contributed by atoms with Crippen molar-refractivity contribution in [2.45, 2.75) is 38.6 Å². The molecular weight excluding hydrogens is 356 g/mol. The van der Waals surface area contributed by atoms with Crippen LogP contribution in [0.5, 0.6) is 0 Å². The highest BCUT2D eigenvalue weighted by molar-refractivity contribution is 9.10. The van der Waals surface area contributed by atoms with Gasteiger partial charge >= 0.3 is 10.2 Å². The molecule has 1 atom stereocenters. The van der Waals surface area contributed by atoms with E-state index < -0.39 is 10.2 Å². The van der Waals surface area contributed by atoms with Crippen LogP contribution in [0, 0.1) is 0 Å². The van der Waals surface area contributed by atoms with Gasteiger partial charge in [0.25, 0.3) is 0 Å². The van der Waals surface area contributed by atoms with Crippen molar-refractivity contribution >= 4 is 31.8 Å². The molecule has 0 amide bonds. The molecule has 1 unspecified atom stereocenters. The molecule has 0 spiro atoms. The molecule has 2 rings (SSSR count). The number of hydrogen-bond acceptors (Lipinski definition) is 3. The molecule has 7 heteroatoms. The van der Waals surface area contributed by atoms with Crippen LogP contribution in [-0.2, 0) is 16.6 Å². The van der Waals surface area contributed by atoms with Crippen molar-refractivity contribution in [1.29, 1.82) is 0 Å². The molecular formula is C14H21BrN2O3S. The van der Waals surface area contributed by atoms with Crippen LogP contribution in [0.15, 0.2) is 22.7 Å². The summed E-state index contributed by atoms with van der Waals surface area (Å²) in [5.74, 6) is 0. The van der Waals surface area contributed by atoms with Crippen molar-refractivity contribution in [2.24, 2.45) is 0 Å². The third-order valence-corrected chi connectivity index (χ3v) is 5.85. The van der Waals surface area contributed by atoms with Gasteiger partial charge < -0.3 is 5.11 Å². The zero-order valence-electron chi connectivity index (χ0n) is 12.0. The molecule has 1 fully saturated rings. The lowest BCUT2D eigenvalue weighted by Crippen LogP contribution is -2.48. The third-order valence-electron chi connectivity index (χ3n) is 3.78. The summed E-state index contributed by atoms with van der Waals surface area (Å²) in [6, 6.07) is 5.17. The molecule has 1 saturated heterocycles. The fraction of sp³-hybridized carbons (Fsp3) is 0.571. The third kappa shape index (κ3) is 3.97. The fourth-order valence-corrected chi connectivity index (χ4v) is 4.56. The number of rotatable bonds is 5. The second-order valence-electron chi connectivity index (χ2n) is 5.21. The lowest BCUT2D eigenvalue weighted by molar-refractivity contribution is 0.156. The van der Waals surface area contributed by atoms with Crippen molar-refractivity contribution in [3.63, 3.8) is 0 Å². The maximum atomic E-state index is 12.6. The van der Waals surface area contributed by atoms with Gasteiger partial charge in [0.2, 0.25) is 0 Å². The van der Waals surface area contributed by atoms with Crippen LogP contribution in [0.25, 0.3) is 0 Å². The zero-order chi connectivity index (χ0) is 15.5. The smallest absolute Gasteiger partial charge is 0.301 e. The maximum Gasteiger partial charge on any atom is 0.301 e. The van der Waals surface area contributed by atoms with Crippen molar-refractivity contribution in [2.75, 3.05) is 17.9 Å². The molecule has 118 valence electrons. The van der Waals surface area contributed by atoms with Crippen LogP contribution in [0.1, 0.15) is 31.7 Å². The number of hydrogen-bond donors (Lipinski definition) is 2. The monoisotopic (exact) mass is 376 g/mol. The van der Waals surface area contributed by atoms with E-state index in [0.29, 0.717) is 18.7 Å². The number of aliphatic hydroxyl groups excluding tert-OH is 1. The van der Waals surface area contributed by atoms with Gasteiger partial charge in [0, 0.05) is 17.1 Å². The SMILES string of the molecule is CCc1cc(Br)ccc1NS(=O)(=O)N1CCCCC1CO. The lowest BCUT2D eigenvalue weighted by atomic mass is 10.1. The van der Waals surface area contributed by atoms with Crippen molar-refractivity contribution in [3.05, 3.63) is 28.2 Å². The maximum absolute atomic E-state index is 12.6. The summed E-state index contributed by atoms with van der Waals surface area (Å²) in [7, 11) is -3.64. The average molecular weight is 377 g/mol. The molecule has 2 N–H and O–H groups in total. The van der Waals surface area contributed by atoms with E-state index in [1.165, 1.54) is 4.31 Å². The Balaban J connectivity index is 2.24. The summed E-state index contributed by atoms with van der Waals surface area (Å²) in [5, 5.41) is 9.39. The molecule has 0 aliphatic carbocycles. The Labute approximate surface area is 134 Å². The number of anilines is 1. The highest BCUT2D eigenvalue weighted by Crippen LogP contribution is 2.26. The second kappa shape index (κ2) is 7.09. The van der Waals surface area contributed by atoms with Crippen LogP contribution < -0.4 is 4.72 Å². The standard InChI is InChI=1S/C14H21BrN2O3S/c1-2-11-9-12(15)6-7-14(11)16-21(19,20)17-8-4-3-5-13(17)10-18/h6-7,9,13,16,18H,2-5,8,10H2,1H3. The molecule has 1 aromatic rings. The van der Waals surface area contributed by atoms with Crippen LogP contribution in [0.3, 0.4) is 0 Å². The van der Waals surface area contributed by atoms with E-state index in [0.717, 1.165) is 29.3 Å². The van der Waals surface area contributed by atoms with Crippen LogP contribution in [-0.4, -0.2) is 37.0 Å². The zero-order valence-corrected chi connectivity index (χ0v) is 14.5. The highest BCUT2D eigenvalue weighted by Gasteiger charge is 2.32. The molecule has 0 aromatic heterocycles. The molecule has 21 heavy (non-hydrogen) atoms. The van der Waals surface area contributed by atoms with E-state index >= 15 is 0 Å². The largest absolute Gasteiger partial charge is 0.395 e. The Morgan fingerprint density at radius 3 is 2.86 bits per heavy atom. The minimum atomic E-state index is -3.64. The predicted octanol–water partition coefficient (Wildman–Crippen LogP) is 2.52. The number of piperidine rings is 1. The van der Waals surface area contributed by atoms with Gasteiger partial charge in [-0.1, -0.05) is 29.3 Å². The molecule has 0 bridgehead atoms. The van der Waals surface area contributed by atoms with Gasteiger partial charge in [-0.2, -0.15) is 12.7 Å². The first kappa shape index (κ1) is 16.7. The van der Waals surface area contributed by atoms with Gasteiger partial charge in [0.15, 0.2) is 0 Å². The summed E-state index contributed by atoms with van der Waals surface area (Å²) >= 11 is 3.39. The summed E-state index contributed by atoms with van der Waals surface area (Å²) < 4.78 is 30.1. The number of aliphatic hydroxyl groups is 1. The molecule has 1 aliphatic rings. The van der Waals surface area contributed by atoms with E-state index in [1.807, 2.05) is 19.1 Å². The van der Waals surface area contributed by atoms with E-state index in [2.05, 4.69) is 20.7 Å². The van der Waals surface area contributed by atoms with E-state index in [9.17, 15) is 13.5 Å². The van der Waals surface area contributed by atoms with E-state index in [1.54, 1.807) is 6.07 Å². The second-order valence-corrected chi connectivity index (χ2v) is 7.74. The predicted molar refractivity (Wildman–Crippen MR) is 87.5 cm³/mol. The van der Waals surface area contributed by atoms with Crippen molar-refractivity contribution in [3.8, 4) is 0 Å². The van der Waals surface area contributed by atoms with Crippen LogP contribution in [0.2, 0.25) is 0 Å². The van der Waals surface area contributed by atoms with Crippen LogP contribution >= 0.6 is 15.9 Å². The van der Waals surface area contributed by atoms with Gasteiger partial charge in [0.05, 0.1) is 12.3 Å². The number of nitrogens with one attached hydrogen (secondary N) is 1. The van der Waals surface area contributed by atoms with Crippen molar-refractivity contribution < 1.29 is 13.5 Å². The van der Waals surface area contributed by atoms with Crippen LogP contribution in [0.4, 0.5) is 5.69 Å².